The highest BCUT2D eigenvalue weighted by atomic mass is 35.5. The number of nitrogens with one attached hydrogen (secondary N) is 1. The second-order valence-corrected chi connectivity index (χ2v) is 6.87. The third-order valence-corrected chi connectivity index (χ3v) is 4.95. The van der Waals surface area contributed by atoms with Crippen LogP contribution in [0.25, 0.3) is 33.1 Å². The zero-order valence-corrected chi connectivity index (χ0v) is 15.8. The Morgan fingerprint density at radius 1 is 0.931 bits per heavy atom. The minimum atomic E-state index is -0.1000. The number of fused-ring (bicyclic) bond motifs is 2. The third kappa shape index (κ3) is 3.09. The van der Waals surface area contributed by atoms with Gasteiger partial charge in [-0.25, -0.2) is 9.97 Å². The molecule has 29 heavy (non-hydrogen) atoms. The van der Waals surface area contributed by atoms with Crippen molar-refractivity contribution in [1.29, 1.82) is 0 Å². The van der Waals surface area contributed by atoms with Gasteiger partial charge in [-0.2, -0.15) is 0 Å². The fraction of sp³-hybridized carbons (Fsp3) is 0. The van der Waals surface area contributed by atoms with Crippen LogP contribution in [0.4, 0.5) is 11.5 Å². The van der Waals surface area contributed by atoms with Gasteiger partial charge < -0.3 is 10.1 Å². The molecule has 0 unspecified atom stereocenters. The number of benzene rings is 2. The summed E-state index contributed by atoms with van der Waals surface area (Å²) in [6, 6.07) is 21.0. The van der Waals surface area contributed by atoms with Crippen LogP contribution in [0.5, 0.6) is 5.88 Å². The van der Waals surface area contributed by atoms with Gasteiger partial charge in [0.15, 0.2) is 17.2 Å². The maximum Gasteiger partial charge on any atom is 0.218 e. The number of aromatic hydroxyl groups is 1. The summed E-state index contributed by atoms with van der Waals surface area (Å²) in [6.07, 6.45) is 1.69. The number of halogens is 1. The van der Waals surface area contributed by atoms with Crippen molar-refractivity contribution in [3.63, 3.8) is 0 Å². The molecule has 5 aromatic rings. The van der Waals surface area contributed by atoms with Crippen molar-refractivity contribution in [2.45, 2.75) is 0 Å². The molecule has 0 aliphatic carbocycles. The predicted molar refractivity (Wildman–Crippen MR) is 114 cm³/mol. The summed E-state index contributed by atoms with van der Waals surface area (Å²) in [4.78, 5) is 11.7. The number of H-pyrrole nitrogens is 1. The molecule has 5 rings (SSSR count). The molecule has 0 aliphatic heterocycles. The molecular formula is C22H14ClN5O. The van der Waals surface area contributed by atoms with Gasteiger partial charge in [0.05, 0.1) is 10.5 Å². The fourth-order valence-corrected chi connectivity index (χ4v) is 3.48. The molecule has 140 valence electrons. The number of hydrogen-bond donors (Lipinski definition) is 2. The van der Waals surface area contributed by atoms with Gasteiger partial charge in [-0.05, 0) is 29.8 Å². The molecule has 7 heteroatoms. The van der Waals surface area contributed by atoms with Crippen LogP contribution in [0.1, 0.15) is 0 Å². The van der Waals surface area contributed by atoms with Crippen molar-refractivity contribution in [3.05, 3.63) is 77.9 Å². The zero-order valence-electron chi connectivity index (χ0n) is 15.0. The molecule has 0 saturated heterocycles. The van der Waals surface area contributed by atoms with E-state index in [1.807, 2.05) is 54.6 Å². The Hall–Kier alpha value is -3.77. The summed E-state index contributed by atoms with van der Waals surface area (Å²) >= 11 is 6.19. The molecule has 0 atom stereocenters. The van der Waals surface area contributed by atoms with Gasteiger partial charge >= 0.3 is 0 Å². The Bertz CT molecular complexity index is 1380. The Labute approximate surface area is 170 Å². The van der Waals surface area contributed by atoms with E-state index in [0.717, 1.165) is 16.5 Å². The van der Waals surface area contributed by atoms with E-state index in [0.29, 0.717) is 33.1 Å². The third-order valence-electron chi connectivity index (χ3n) is 4.64. The van der Waals surface area contributed by atoms with E-state index < -0.39 is 0 Å². The summed E-state index contributed by atoms with van der Waals surface area (Å²) in [7, 11) is 0. The minimum Gasteiger partial charge on any atom is -0.493 e. The summed E-state index contributed by atoms with van der Waals surface area (Å²) < 4.78 is 0. The molecule has 0 fully saturated rings. The van der Waals surface area contributed by atoms with Gasteiger partial charge in [-0.3, -0.25) is 0 Å². The van der Waals surface area contributed by atoms with Gasteiger partial charge in [-0.15, -0.1) is 10.2 Å². The highest BCUT2D eigenvalue weighted by Crippen LogP contribution is 2.40. The standard InChI is InChI=1S/C22H14ClN5O/c23-17-10-4-9-15-18(17)25-22(29)19(15)27-28-21-16(13-6-2-1-3-7-13)12-14-8-5-11-24-20(14)26-21/h1-12,25,29H. The lowest BCUT2D eigenvalue weighted by atomic mass is 10.1. The van der Waals surface area contributed by atoms with Crippen molar-refractivity contribution in [2.75, 3.05) is 0 Å². The van der Waals surface area contributed by atoms with Crippen LogP contribution in [-0.2, 0) is 0 Å². The van der Waals surface area contributed by atoms with E-state index >= 15 is 0 Å². The zero-order chi connectivity index (χ0) is 19.8. The van der Waals surface area contributed by atoms with Crippen molar-refractivity contribution < 1.29 is 5.11 Å². The average Bonchev–Trinajstić information content (AvgIpc) is 3.08. The summed E-state index contributed by atoms with van der Waals surface area (Å²) in [5.41, 5.74) is 3.28. The molecule has 0 bridgehead atoms. The van der Waals surface area contributed by atoms with Gasteiger partial charge in [0.25, 0.3) is 0 Å². The first-order valence-corrected chi connectivity index (χ1v) is 9.30. The monoisotopic (exact) mass is 399 g/mol. The molecule has 2 N–H and O–H groups in total. The molecule has 3 aromatic heterocycles. The highest BCUT2D eigenvalue weighted by molar-refractivity contribution is 6.35. The Balaban J connectivity index is 1.69. The summed E-state index contributed by atoms with van der Waals surface area (Å²) in [5, 5.41) is 21.0. The first kappa shape index (κ1) is 17.3. The SMILES string of the molecule is Oc1[nH]c2c(Cl)cccc2c1N=Nc1nc2ncccc2cc1-c1ccccc1. The topological polar surface area (TPSA) is 86.5 Å². The quantitative estimate of drug-likeness (QED) is 0.337. The smallest absolute Gasteiger partial charge is 0.218 e. The van der Waals surface area contributed by atoms with Gasteiger partial charge in [0, 0.05) is 22.5 Å². The van der Waals surface area contributed by atoms with E-state index in [1.54, 1.807) is 18.3 Å². The molecule has 3 heterocycles. The number of azo groups is 1. The maximum absolute atomic E-state index is 10.3. The van der Waals surface area contributed by atoms with Crippen LogP contribution in [0.15, 0.2) is 83.2 Å². The number of aromatic amines is 1. The maximum atomic E-state index is 10.3. The van der Waals surface area contributed by atoms with Crippen LogP contribution >= 0.6 is 11.6 Å². The van der Waals surface area contributed by atoms with Crippen LogP contribution in [0, 0.1) is 0 Å². The predicted octanol–water partition coefficient (Wildman–Crippen LogP) is 6.55. The second kappa shape index (κ2) is 7.00. The largest absolute Gasteiger partial charge is 0.493 e. The van der Waals surface area contributed by atoms with Gasteiger partial charge in [0.2, 0.25) is 5.88 Å². The van der Waals surface area contributed by atoms with Crippen LogP contribution < -0.4 is 0 Å². The van der Waals surface area contributed by atoms with Gasteiger partial charge in [0.1, 0.15) is 0 Å². The second-order valence-electron chi connectivity index (χ2n) is 6.46. The molecule has 0 spiro atoms. The molecule has 6 nitrogen and oxygen atoms in total. The normalized spacial score (nSPS) is 11.6. The minimum absolute atomic E-state index is 0.1000. The number of aromatic nitrogens is 3. The van der Waals surface area contributed by atoms with Crippen molar-refractivity contribution in [3.8, 4) is 17.0 Å². The highest BCUT2D eigenvalue weighted by Gasteiger charge is 2.14. The number of nitrogens with zero attached hydrogens (tertiary/aromatic N) is 4. The van der Waals surface area contributed by atoms with E-state index in [2.05, 4.69) is 25.2 Å². The van der Waals surface area contributed by atoms with Crippen molar-refractivity contribution >= 4 is 45.0 Å². The number of para-hydroxylation sites is 1. The molecule has 0 radical (unpaired) electrons. The number of rotatable bonds is 3. The summed E-state index contributed by atoms with van der Waals surface area (Å²) in [5.74, 6) is 0.315. The average molecular weight is 400 g/mol. The molecule has 0 amide bonds. The van der Waals surface area contributed by atoms with Crippen LogP contribution in [0.2, 0.25) is 5.02 Å². The van der Waals surface area contributed by atoms with Crippen molar-refractivity contribution in [1.82, 2.24) is 15.0 Å². The van der Waals surface area contributed by atoms with Crippen molar-refractivity contribution in [2.24, 2.45) is 10.2 Å². The molecule has 2 aromatic carbocycles. The Morgan fingerprint density at radius 3 is 2.66 bits per heavy atom. The first-order chi connectivity index (χ1) is 14.2. The lowest BCUT2D eigenvalue weighted by Crippen LogP contribution is -1.87. The fourth-order valence-electron chi connectivity index (χ4n) is 3.25. The van der Waals surface area contributed by atoms with E-state index in [4.69, 9.17) is 11.6 Å². The van der Waals surface area contributed by atoms with E-state index in [1.165, 1.54) is 0 Å². The molecule has 0 aliphatic rings. The lowest BCUT2D eigenvalue weighted by Gasteiger charge is -2.06. The Morgan fingerprint density at radius 2 is 1.79 bits per heavy atom. The number of hydrogen-bond acceptors (Lipinski definition) is 5. The Kier molecular flexibility index (Phi) is 4.18. The van der Waals surface area contributed by atoms with E-state index in [-0.39, 0.29) is 5.88 Å². The number of pyridine rings is 2. The first-order valence-electron chi connectivity index (χ1n) is 8.93. The molecular weight excluding hydrogens is 386 g/mol. The van der Waals surface area contributed by atoms with E-state index in [9.17, 15) is 5.11 Å². The van der Waals surface area contributed by atoms with Crippen LogP contribution in [-0.4, -0.2) is 20.1 Å². The van der Waals surface area contributed by atoms with Crippen LogP contribution in [0.3, 0.4) is 0 Å². The summed E-state index contributed by atoms with van der Waals surface area (Å²) in [6.45, 7) is 0. The lowest BCUT2D eigenvalue weighted by molar-refractivity contribution is 0.459. The van der Waals surface area contributed by atoms with Gasteiger partial charge in [-0.1, -0.05) is 54.1 Å². The molecule has 0 saturated carbocycles.